The molecular weight excluding hydrogens is 192 g/mol. The maximum absolute atomic E-state index is 10.9. The van der Waals surface area contributed by atoms with Gasteiger partial charge in [0.1, 0.15) is 5.60 Å². The van der Waals surface area contributed by atoms with Gasteiger partial charge in [0, 0.05) is 13.0 Å². The van der Waals surface area contributed by atoms with Crippen LogP contribution in [0.5, 0.6) is 0 Å². The fraction of sp³-hybridized carbons (Fsp3) is 0.750. The third-order valence-corrected chi connectivity index (χ3v) is 2.52. The van der Waals surface area contributed by atoms with Crippen molar-refractivity contribution < 1.29 is 17.3 Å². The minimum atomic E-state index is -3.43. The van der Waals surface area contributed by atoms with Crippen LogP contribution in [0.1, 0.15) is 13.3 Å². The lowest BCUT2D eigenvalue weighted by atomic mass is 10.3. The summed E-state index contributed by atoms with van der Waals surface area (Å²) in [5.74, 6) is 0. The van der Waals surface area contributed by atoms with Gasteiger partial charge in [0.15, 0.2) is 0 Å². The van der Waals surface area contributed by atoms with Gasteiger partial charge in [-0.3, -0.25) is 4.18 Å². The van der Waals surface area contributed by atoms with Crippen molar-refractivity contribution in [3.05, 3.63) is 12.7 Å². The van der Waals surface area contributed by atoms with E-state index in [1.165, 1.54) is 6.08 Å². The summed E-state index contributed by atoms with van der Waals surface area (Å²) in [6, 6.07) is 0. The SMILES string of the molecule is C=C[C@@]1(OS(C)(=O)=O)C[C@H]1OCC. The molecule has 0 saturated heterocycles. The van der Waals surface area contributed by atoms with Crippen LogP contribution in [0, 0.1) is 0 Å². The second kappa shape index (κ2) is 3.40. The first kappa shape index (κ1) is 10.7. The lowest BCUT2D eigenvalue weighted by molar-refractivity contribution is 0.0777. The van der Waals surface area contributed by atoms with Crippen molar-refractivity contribution in [3.63, 3.8) is 0 Å². The first-order valence-electron chi connectivity index (χ1n) is 4.09. The van der Waals surface area contributed by atoms with Crippen LogP contribution in [0.25, 0.3) is 0 Å². The number of hydrogen-bond donors (Lipinski definition) is 0. The lowest BCUT2D eigenvalue weighted by Crippen LogP contribution is -2.21. The van der Waals surface area contributed by atoms with Gasteiger partial charge in [0.25, 0.3) is 10.1 Å². The van der Waals surface area contributed by atoms with Crippen LogP contribution in [0.15, 0.2) is 12.7 Å². The lowest BCUT2D eigenvalue weighted by Gasteiger charge is -2.11. The molecular formula is C8H14O4S. The Morgan fingerprint density at radius 1 is 1.69 bits per heavy atom. The molecule has 0 heterocycles. The first-order valence-corrected chi connectivity index (χ1v) is 5.91. The third kappa shape index (κ3) is 2.52. The maximum atomic E-state index is 10.9. The number of ether oxygens (including phenoxy) is 1. The Balaban J connectivity index is 2.61. The molecule has 0 aliphatic heterocycles. The Morgan fingerprint density at radius 2 is 2.31 bits per heavy atom. The average molecular weight is 206 g/mol. The predicted molar refractivity (Wildman–Crippen MR) is 48.9 cm³/mol. The van der Waals surface area contributed by atoms with Crippen molar-refractivity contribution in [1.82, 2.24) is 0 Å². The molecule has 76 valence electrons. The molecule has 0 bridgehead atoms. The van der Waals surface area contributed by atoms with E-state index in [0.717, 1.165) is 6.26 Å². The summed E-state index contributed by atoms with van der Waals surface area (Å²) in [4.78, 5) is 0. The van der Waals surface area contributed by atoms with E-state index in [9.17, 15) is 8.42 Å². The van der Waals surface area contributed by atoms with Gasteiger partial charge in [0.05, 0.1) is 12.4 Å². The topological polar surface area (TPSA) is 52.6 Å². The van der Waals surface area contributed by atoms with E-state index in [1.807, 2.05) is 6.92 Å². The van der Waals surface area contributed by atoms with Gasteiger partial charge < -0.3 is 4.74 Å². The Hall–Kier alpha value is -0.390. The minimum absolute atomic E-state index is 0.162. The highest BCUT2D eigenvalue weighted by Gasteiger charge is 2.57. The summed E-state index contributed by atoms with van der Waals surface area (Å²) >= 11 is 0. The van der Waals surface area contributed by atoms with Crippen molar-refractivity contribution in [2.75, 3.05) is 12.9 Å². The van der Waals surface area contributed by atoms with E-state index in [2.05, 4.69) is 6.58 Å². The van der Waals surface area contributed by atoms with Gasteiger partial charge in [-0.15, -0.1) is 6.58 Å². The van der Waals surface area contributed by atoms with Crippen molar-refractivity contribution in [2.24, 2.45) is 0 Å². The van der Waals surface area contributed by atoms with Crippen molar-refractivity contribution >= 4 is 10.1 Å². The zero-order valence-electron chi connectivity index (χ0n) is 7.82. The summed E-state index contributed by atoms with van der Waals surface area (Å²) in [6.45, 7) is 5.94. The molecule has 0 spiro atoms. The molecule has 0 radical (unpaired) electrons. The molecule has 4 nitrogen and oxygen atoms in total. The molecule has 0 unspecified atom stereocenters. The summed E-state index contributed by atoms with van der Waals surface area (Å²) in [5, 5.41) is 0. The van der Waals surface area contributed by atoms with E-state index < -0.39 is 15.7 Å². The number of hydrogen-bond acceptors (Lipinski definition) is 4. The molecule has 0 aromatic heterocycles. The normalized spacial score (nSPS) is 32.9. The number of rotatable bonds is 5. The summed E-state index contributed by atoms with van der Waals surface area (Å²) in [6.07, 6.45) is 2.93. The highest BCUT2D eigenvalue weighted by molar-refractivity contribution is 7.86. The zero-order chi connectivity index (χ0) is 10.1. The Bertz CT molecular complexity index is 295. The molecule has 1 aliphatic rings. The van der Waals surface area contributed by atoms with Crippen LogP contribution in [0.3, 0.4) is 0 Å². The summed E-state index contributed by atoms with van der Waals surface area (Å²) in [5.41, 5.74) is -0.802. The summed E-state index contributed by atoms with van der Waals surface area (Å²) < 4.78 is 31.9. The molecule has 0 N–H and O–H groups in total. The van der Waals surface area contributed by atoms with Gasteiger partial charge in [-0.2, -0.15) is 8.42 Å². The molecule has 1 fully saturated rings. The van der Waals surface area contributed by atoms with E-state index in [1.54, 1.807) is 0 Å². The van der Waals surface area contributed by atoms with Crippen LogP contribution < -0.4 is 0 Å². The molecule has 1 rings (SSSR count). The zero-order valence-corrected chi connectivity index (χ0v) is 8.63. The van der Waals surface area contributed by atoms with Gasteiger partial charge in [0.2, 0.25) is 0 Å². The van der Waals surface area contributed by atoms with E-state index in [-0.39, 0.29) is 6.10 Å². The molecule has 2 atom stereocenters. The quantitative estimate of drug-likeness (QED) is 0.490. The molecule has 0 aromatic carbocycles. The fourth-order valence-electron chi connectivity index (χ4n) is 1.25. The van der Waals surface area contributed by atoms with E-state index in [0.29, 0.717) is 13.0 Å². The highest BCUT2D eigenvalue weighted by atomic mass is 32.2. The van der Waals surface area contributed by atoms with Crippen LogP contribution in [0.4, 0.5) is 0 Å². The minimum Gasteiger partial charge on any atom is -0.375 e. The second-order valence-electron chi connectivity index (χ2n) is 3.09. The van der Waals surface area contributed by atoms with Gasteiger partial charge in [-0.1, -0.05) is 6.08 Å². The fourth-order valence-corrected chi connectivity index (χ4v) is 2.06. The van der Waals surface area contributed by atoms with Crippen LogP contribution in [-0.4, -0.2) is 33.0 Å². The average Bonchev–Trinajstić information content (AvgIpc) is 2.61. The van der Waals surface area contributed by atoms with Crippen LogP contribution in [-0.2, 0) is 19.0 Å². The highest BCUT2D eigenvalue weighted by Crippen LogP contribution is 2.44. The monoisotopic (exact) mass is 206 g/mol. The molecule has 0 aromatic rings. The van der Waals surface area contributed by atoms with E-state index in [4.69, 9.17) is 8.92 Å². The molecule has 1 saturated carbocycles. The second-order valence-corrected chi connectivity index (χ2v) is 4.67. The van der Waals surface area contributed by atoms with Gasteiger partial charge >= 0.3 is 0 Å². The largest absolute Gasteiger partial charge is 0.375 e. The molecule has 0 amide bonds. The third-order valence-electron chi connectivity index (χ3n) is 1.91. The van der Waals surface area contributed by atoms with Crippen molar-refractivity contribution in [2.45, 2.75) is 25.0 Å². The summed E-state index contributed by atoms with van der Waals surface area (Å²) in [7, 11) is -3.43. The first-order chi connectivity index (χ1) is 5.93. The molecule has 1 aliphatic carbocycles. The van der Waals surface area contributed by atoms with Crippen LogP contribution in [0.2, 0.25) is 0 Å². The Labute approximate surface area is 78.7 Å². The van der Waals surface area contributed by atoms with E-state index >= 15 is 0 Å². The maximum Gasteiger partial charge on any atom is 0.265 e. The molecule has 5 heteroatoms. The van der Waals surface area contributed by atoms with Crippen LogP contribution >= 0.6 is 0 Å². The van der Waals surface area contributed by atoms with Crippen molar-refractivity contribution in [1.29, 1.82) is 0 Å². The molecule has 13 heavy (non-hydrogen) atoms. The standard InChI is InChI=1S/C8H14O4S/c1-4-8(12-13(3,9)10)6-7(8)11-5-2/h4,7H,1,5-6H2,2-3H3/t7-,8-/m1/s1. The van der Waals surface area contributed by atoms with Crippen molar-refractivity contribution in [3.8, 4) is 0 Å². The van der Waals surface area contributed by atoms with Gasteiger partial charge in [-0.25, -0.2) is 0 Å². The smallest absolute Gasteiger partial charge is 0.265 e. The Morgan fingerprint density at radius 3 is 2.69 bits per heavy atom. The Kier molecular flexibility index (Phi) is 2.79. The van der Waals surface area contributed by atoms with Gasteiger partial charge in [-0.05, 0) is 6.92 Å². The predicted octanol–water partition coefficient (Wildman–Crippen LogP) is 0.696.